The summed E-state index contributed by atoms with van der Waals surface area (Å²) in [5, 5.41) is 8.52. The van der Waals surface area contributed by atoms with Crippen LogP contribution in [0.3, 0.4) is 0 Å². The number of rotatable bonds is 2. The minimum atomic E-state index is -1.48. The van der Waals surface area contributed by atoms with Gasteiger partial charge in [0.05, 0.1) is 12.5 Å². The van der Waals surface area contributed by atoms with Crippen LogP contribution in [0.1, 0.15) is 5.56 Å². The van der Waals surface area contributed by atoms with Crippen molar-refractivity contribution in [3.63, 3.8) is 0 Å². The molecule has 0 heterocycles. The summed E-state index contributed by atoms with van der Waals surface area (Å²) in [5.74, 6) is -3.89. The first-order valence-corrected chi connectivity index (χ1v) is 5.23. The summed E-state index contributed by atoms with van der Waals surface area (Å²) < 4.78 is 39.4. The molecule has 1 nitrogen and oxygen atoms in total. The van der Waals surface area contributed by atoms with Crippen molar-refractivity contribution in [3.8, 4) is 17.2 Å². The molecule has 0 spiro atoms. The molecule has 2 aromatic carbocycles. The molecule has 0 amide bonds. The highest BCUT2D eigenvalue weighted by Gasteiger charge is 2.14. The molecular formula is C14H8F3N. The van der Waals surface area contributed by atoms with Gasteiger partial charge >= 0.3 is 0 Å². The fourth-order valence-corrected chi connectivity index (χ4v) is 1.64. The van der Waals surface area contributed by atoms with E-state index in [4.69, 9.17) is 5.26 Å². The van der Waals surface area contributed by atoms with E-state index in [1.54, 1.807) is 24.3 Å². The largest absolute Gasteiger partial charge is 0.204 e. The molecule has 2 aromatic rings. The van der Waals surface area contributed by atoms with Crippen LogP contribution in [-0.2, 0) is 6.42 Å². The number of nitrogens with zero attached hydrogens (tertiary/aromatic N) is 1. The third kappa shape index (κ3) is 2.21. The molecular weight excluding hydrogens is 239 g/mol. The van der Waals surface area contributed by atoms with Crippen LogP contribution >= 0.6 is 0 Å². The molecule has 0 N–H and O–H groups in total. The summed E-state index contributed by atoms with van der Waals surface area (Å²) in [6.07, 6.45) is 0.251. The number of halogens is 3. The summed E-state index contributed by atoms with van der Waals surface area (Å²) in [5.41, 5.74) is 1.22. The van der Waals surface area contributed by atoms with Gasteiger partial charge in [0.1, 0.15) is 0 Å². The molecule has 0 aliphatic heterocycles. The quantitative estimate of drug-likeness (QED) is 0.740. The third-order valence-corrected chi connectivity index (χ3v) is 2.58. The molecule has 0 aromatic heterocycles. The van der Waals surface area contributed by atoms with E-state index in [2.05, 4.69) is 0 Å². The van der Waals surface area contributed by atoms with Crippen molar-refractivity contribution in [3.05, 3.63) is 59.4 Å². The van der Waals surface area contributed by atoms with Gasteiger partial charge in [-0.05, 0) is 23.3 Å². The summed E-state index contributed by atoms with van der Waals surface area (Å²) in [6, 6.07) is 10.5. The molecule has 0 aliphatic carbocycles. The fraction of sp³-hybridized carbons (Fsp3) is 0.0714. The maximum atomic E-state index is 13.5. The second-order valence-corrected chi connectivity index (χ2v) is 3.75. The zero-order chi connectivity index (χ0) is 13.1. The SMILES string of the molecule is N#CCc1ccc(-c2ccc(F)c(F)c2F)cc1. The summed E-state index contributed by atoms with van der Waals surface area (Å²) in [6.45, 7) is 0. The lowest BCUT2D eigenvalue weighted by atomic mass is 10.0. The van der Waals surface area contributed by atoms with E-state index in [1.807, 2.05) is 6.07 Å². The molecule has 0 radical (unpaired) electrons. The Kier molecular flexibility index (Phi) is 3.33. The van der Waals surface area contributed by atoms with Crippen LogP contribution in [-0.4, -0.2) is 0 Å². The topological polar surface area (TPSA) is 23.8 Å². The van der Waals surface area contributed by atoms with Crippen LogP contribution in [0.25, 0.3) is 11.1 Å². The molecule has 0 saturated carbocycles. The van der Waals surface area contributed by atoms with Crippen LogP contribution in [0.2, 0.25) is 0 Å². The minimum Gasteiger partial charge on any atom is -0.204 e. The van der Waals surface area contributed by atoms with E-state index in [9.17, 15) is 13.2 Å². The van der Waals surface area contributed by atoms with E-state index in [-0.39, 0.29) is 12.0 Å². The number of benzene rings is 2. The van der Waals surface area contributed by atoms with Crippen molar-refractivity contribution in [1.29, 1.82) is 5.26 Å². The van der Waals surface area contributed by atoms with Crippen LogP contribution in [0, 0.1) is 28.8 Å². The monoisotopic (exact) mass is 247 g/mol. The first-order chi connectivity index (χ1) is 8.63. The average Bonchev–Trinajstić information content (AvgIpc) is 2.38. The number of hydrogen-bond acceptors (Lipinski definition) is 1. The van der Waals surface area contributed by atoms with Gasteiger partial charge in [0, 0.05) is 5.56 Å². The lowest BCUT2D eigenvalue weighted by molar-refractivity contribution is 0.449. The van der Waals surface area contributed by atoms with E-state index in [1.165, 1.54) is 6.07 Å². The first kappa shape index (κ1) is 12.2. The first-order valence-electron chi connectivity index (χ1n) is 5.23. The molecule has 0 fully saturated rings. The molecule has 4 heteroatoms. The third-order valence-electron chi connectivity index (χ3n) is 2.58. The molecule has 18 heavy (non-hydrogen) atoms. The van der Waals surface area contributed by atoms with Crippen LogP contribution in [0.15, 0.2) is 36.4 Å². The van der Waals surface area contributed by atoms with Crippen molar-refractivity contribution >= 4 is 0 Å². The highest BCUT2D eigenvalue weighted by atomic mass is 19.2. The molecule has 0 aliphatic rings. The van der Waals surface area contributed by atoms with Gasteiger partial charge in [0.15, 0.2) is 17.5 Å². The van der Waals surface area contributed by atoms with Crippen molar-refractivity contribution in [2.45, 2.75) is 6.42 Å². The average molecular weight is 247 g/mol. The molecule has 0 saturated heterocycles. The zero-order valence-corrected chi connectivity index (χ0v) is 9.25. The normalized spacial score (nSPS) is 10.1. The number of nitriles is 1. The Balaban J connectivity index is 2.44. The number of hydrogen-bond donors (Lipinski definition) is 0. The van der Waals surface area contributed by atoms with Gasteiger partial charge in [0.2, 0.25) is 0 Å². The van der Waals surface area contributed by atoms with Gasteiger partial charge in [-0.3, -0.25) is 0 Å². The lowest BCUT2D eigenvalue weighted by Crippen LogP contribution is -1.94. The Morgan fingerprint density at radius 2 is 1.56 bits per heavy atom. The van der Waals surface area contributed by atoms with E-state index < -0.39 is 17.5 Å². The highest BCUT2D eigenvalue weighted by molar-refractivity contribution is 5.64. The summed E-state index contributed by atoms with van der Waals surface area (Å²) >= 11 is 0. The Hall–Kier alpha value is -2.28. The van der Waals surface area contributed by atoms with Crippen LogP contribution in [0.4, 0.5) is 13.2 Å². The van der Waals surface area contributed by atoms with Gasteiger partial charge in [-0.2, -0.15) is 5.26 Å². The minimum absolute atomic E-state index is 0.00240. The van der Waals surface area contributed by atoms with Gasteiger partial charge < -0.3 is 0 Å². The predicted octanol–water partition coefficient (Wildman–Crippen LogP) is 3.84. The van der Waals surface area contributed by atoms with Gasteiger partial charge in [0.25, 0.3) is 0 Å². The van der Waals surface area contributed by atoms with Gasteiger partial charge in [-0.25, -0.2) is 13.2 Å². The standard InChI is InChI=1S/C14H8F3N/c15-12-6-5-11(13(16)14(12)17)10-3-1-9(2-4-10)7-8-18/h1-6H,7H2. The molecule has 90 valence electrons. The van der Waals surface area contributed by atoms with Gasteiger partial charge in [-0.15, -0.1) is 0 Å². The predicted molar refractivity (Wildman–Crippen MR) is 61.1 cm³/mol. The van der Waals surface area contributed by atoms with Crippen molar-refractivity contribution in [2.75, 3.05) is 0 Å². The molecule has 2 rings (SSSR count). The lowest BCUT2D eigenvalue weighted by Gasteiger charge is -2.05. The van der Waals surface area contributed by atoms with Crippen LogP contribution in [0.5, 0.6) is 0 Å². The fourth-order valence-electron chi connectivity index (χ4n) is 1.64. The molecule has 0 bridgehead atoms. The smallest absolute Gasteiger partial charge is 0.195 e. The Morgan fingerprint density at radius 3 is 2.17 bits per heavy atom. The zero-order valence-electron chi connectivity index (χ0n) is 9.25. The van der Waals surface area contributed by atoms with Crippen molar-refractivity contribution in [2.24, 2.45) is 0 Å². The Morgan fingerprint density at radius 1 is 0.889 bits per heavy atom. The van der Waals surface area contributed by atoms with Gasteiger partial charge in [-0.1, -0.05) is 24.3 Å². The molecule has 0 unspecified atom stereocenters. The summed E-state index contributed by atoms with van der Waals surface area (Å²) in [4.78, 5) is 0. The maximum absolute atomic E-state index is 13.5. The van der Waals surface area contributed by atoms with E-state index in [0.717, 1.165) is 11.6 Å². The Labute approximate surface area is 102 Å². The maximum Gasteiger partial charge on any atom is 0.195 e. The van der Waals surface area contributed by atoms with E-state index >= 15 is 0 Å². The summed E-state index contributed by atoms with van der Waals surface area (Å²) in [7, 11) is 0. The van der Waals surface area contributed by atoms with Crippen molar-refractivity contribution < 1.29 is 13.2 Å². The second-order valence-electron chi connectivity index (χ2n) is 3.75. The van der Waals surface area contributed by atoms with Crippen LogP contribution < -0.4 is 0 Å². The Bertz CT molecular complexity index is 612. The second kappa shape index (κ2) is 4.92. The van der Waals surface area contributed by atoms with Crippen molar-refractivity contribution in [1.82, 2.24) is 0 Å². The molecule has 0 atom stereocenters. The van der Waals surface area contributed by atoms with E-state index in [0.29, 0.717) is 5.56 Å². The highest BCUT2D eigenvalue weighted by Crippen LogP contribution is 2.26.